The molecule has 0 bridgehead atoms. The quantitative estimate of drug-likeness (QED) is 0.729. The molecule has 0 aromatic heterocycles. The smallest absolute Gasteiger partial charge is 0.184 e. The Morgan fingerprint density at radius 2 is 1.67 bits per heavy atom. The molecule has 0 N–H and O–H groups in total. The van der Waals surface area contributed by atoms with E-state index in [2.05, 4.69) is 54.0 Å². The maximum Gasteiger partial charge on any atom is 0.184 e. The normalized spacial score (nSPS) is 20.6. The summed E-state index contributed by atoms with van der Waals surface area (Å²) in [7, 11) is 0. The van der Waals surface area contributed by atoms with E-state index >= 15 is 0 Å². The Kier molecular flexibility index (Phi) is 3.75. The van der Waals surface area contributed by atoms with Crippen LogP contribution in [0.1, 0.15) is 46.5 Å². The van der Waals surface area contributed by atoms with E-state index in [-0.39, 0.29) is 5.78 Å². The maximum atomic E-state index is 12.9. The lowest BCUT2D eigenvalue weighted by Crippen LogP contribution is -2.26. The van der Waals surface area contributed by atoms with Gasteiger partial charge in [-0.25, -0.2) is 0 Å². The van der Waals surface area contributed by atoms with Crippen LogP contribution in [0.5, 0.6) is 0 Å². The summed E-state index contributed by atoms with van der Waals surface area (Å²) >= 11 is 3.78. The molecule has 1 aliphatic carbocycles. The van der Waals surface area contributed by atoms with Gasteiger partial charge in [-0.05, 0) is 41.5 Å². The molecule has 0 spiro atoms. The van der Waals surface area contributed by atoms with E-state index < -0.39 is 4.32 Å². The SMILES string of the molecule is CCc1cc(CC)cc(C2(Br)Cc3ccccc3C2=O)c1. The van der Waals surface area contributed by atoms with Crippen LogP contribution in [0.2, 0.25) is 0 Å². The number of ketones is 1. The molecule has 1 unspecified atom stereocenters. The molecule has 2 aromatic carbocycles. The third-order valence-electron chi connectivity index (χ3n) is 4.38. The molecule has 0 amide bonds. The van der Waals surface area contributed by atoms with Crippen LogP contribution >= 0.6 is 15.9 Å². The maximum absolute atomic E-state index is 12.9. The molecule has 2 aromatic rings. The lowest BCUT2D eigenvalue weighted by atomic mass is 9.90. The molecule has 2 heteroatoms. The number of carbonyl (C=O) groups excluding carboxylic acids is 1. The lowest BCUT2D eigenvalue weighted by Gasteiger charge is -2.22. The third-order valence-corrected chi connectivity index (χ3v) is 5.48. The summed E-state index contributed by atoms with van der Waals surface area (Å²) in [6.07, 6.45) is 2.72. The third kappa shape index (κ3) is 2.36. The number of carbonyl (C=O) groups is 1. The zero-order valence-electron chi connectivity index (χ0n) is 12.4. The number of Topliss-reactive ketones (excluding diaryl/α,β-unsaturated/α-hetero) is 1. The molecule has 0 fully saturated rings. The van der Waals surface area contributed by atoms with Crippen molar-refractivity contribution in [3.05, 3.63) is 70.3 Å². The average molecular weight is 343 g/mol. The number of rotatable bonds is 3. The Hall–Kier alpha value is -1.41. The van der Waals surface area contributed by atoms with Crippen molar-refractivity contribution in [3.63, 3.8) is 0 Å². The molecule has 0 radical (unpaired) electrons. The van der Waals surface area contributed by atoms with Crippen LogP contribution < -0.4 is 0 Å². The van der Waals surface area contributed by atoms with Crippen molar-refractivity contribution >= 4 is 21.7 Å². The van der Waals surface area contributed by atoms with E-state index in [1.807, 2.05) is 18.2 Å². The Morgan fingerprint density at radius 1 is 1.05 bits per heavy atom. The summed E-state index contributed by atoms with van der Waals surface area (Å²) < 4.78 is -0.591. The molecule has 1 aliphatic rings. The largest absolute Gasteiger partial charge is 0.292 e. The molecular weight excluding hydrogens is 324 g/mol. The van der Waals surface area contributed by atoms with Gasteiger partial charge in [0, 0.05) is 5.56 Å². The molecule has 0 aliphatic heterocycles. The summed E-state index contributed by atoms with van der Waals surface area (Å²) in [6, 6.07) is 14.5. The van der Waals surface area contributed by atoms with Crippen LogP contribution in [-0.2, 0) is 23.6 Å². The van der Waals surface area contributed by atoms with Crippen LogP contribution in [0, 0.1) is 0 Å². The standard InChI is InChI=1S/C19H19BrO/c1-3-13-9-14(4-2)11-16(10-13)19(20)12-15-7-5-6-8-17(15)18(19)21/h5-11H,3-4,12H2,1-2H3. The molecule has 0 heterocycles. The van der Waals surface area contributed by atoms with Gasteiger partial charge in [0.25, 0.3) is 0 Å². The summed E-state index contributed by atoms with van der Waals surface area (Å²) in [5, 5.41) is 0. The van der Waals surface area contributed by atoms with E-state index in [9.17, 15) is 4.79 Å². The fraction of sp³-hybridized carbons (Fsp3) is 0.316. The zero-order chi connectivity index (χ0) is 15.0. The minimum absolute atomic E-state index is 0.188. The van der Waals surface area contributed by atoms with Gasteiger partial charge >= 0.3 is 0 Å². The first kappa shape index (κ1) is 14.5. The van der Waals surface area contributed by atoms with Crippen LogP contribution in [0.15, 0.2) is 42.5 Å². The van der Waals surface area contributed by atoms with Gasteiger partial charge in [0.2, 0.25) is 0 Å². The fourth-order valence-corrected chi connectivity index (χ4v) is 3.83. The van der Waals surface area contributed by atoms with E-state index in [0.29, 0.717) is 0 Å². The molecule has 1 nitrogen and oxygen atoms in total. The van der Waals surface area contributed by atoms with Crippen LogP contribution in [0.25, 0.3) is 0 Å². The predicted octanol–water partition coefficient (Wildman–Crippen LogP) is 4.84. The average Bonchev–Trinajstić information content (AvgIpc) is 2.79. The Labute approximate surface area is 134 Å². The van der Waals surface area contributed by atoms with Gasteiger partial charge in [-0.2, -0.15) is 0 Å². The highest BCUT2D eigenvalue weighted by atomic mass is 79.9. The van der Waals surface area contributed by atoms with Crippen LogP contribution in [-0.4, -0.2) is 5.78 Å². The predicted molar refractivity (Wildman–Crippen MR) is 90.3 cm³/mol. The number of aryl methyl sites for hydroxylation is 2. The van der Waals surface area contributed by atoms with Crippen molar-refractivity contribution in [3.8, 4) is 0 Å². The van der Waals surface area contributed by atoms with E-state index in [1.165, 1.54) is 11.1 Å². The van der Waals surface area contributed by atoms with Crippen molar-refractivity contribution in [2.24, 2.45) is 0 Å². The Morgan fingerprint density at radius 3 is 2.24 bits per heavy atom. The fourth-order valence-electron chi connectivity index (χ4n) is 3.08. The molecule has 108 valence electrons. The number of fused-ring (bicyclic) bond motifs is 1. The zero-order valence-corrected chi connectivity index (χ0v) is 14.0. The van der Waals surface area contributed by atoms with Gasteiger partial charge in [-0.1, -0.05) is 72.2 Å². The molecule has 1 atom stereocenters. The summed E-state index contributed by atoms with van der Waals surface area (Å²) in [5.74, 6) is 0.188. The Balaban J connectivity index is 2.11. The van der Waals surface area contributed by atoms with E-state index in [1.54, 1.807) is 0 Å². The first-order valence-electron chi connectivity index (χ1n) is 7.53. The van der Waals surface area contributed by atoms with E-state index in [4.69, 9.17) is 0 Å². The number of benzene rings is 2. The van der Waals surface area contributed by atoms with Crippen molar-refractivity contribution < 1.29 is 4.79 Å². The number of halogens is 1. The second kappa shape index (κ2) is 5.42. The first-order valence-corrected chi connectivity index (χ1v) is 8.32. The Bertz CT molecular complexity index is 682. The molecule has 0 saturated heterocycles. The van der Waals surface area contributed by atoms with Crippen LogP contribution in [0.4, 0.5) is 0 Å². The van der Waals surface area contributed by atoms with Gasteiger partial charge in [0.1, 0.15) is 4.32 Å². The topological polar surface area (TPSA) is 17.1 Å². The highest BCUT2D eigenvalue weighted by Gasteiger charge is 2.44. The first-order chi connectivity index (χ1) is 10.1. The van der Waals surface area contributed by atoms with E-state index in [0.717, 1.165) is 36.0 Å². The second-order valence-electron chi connectivity index (χ2n) is 5.71. The minimum atomic E-state index is -0.591. The lowest BCUT2D eigenvalue weighted by molar-refractivity contribution is 0.0960. The van der Waals surface area contributed by atoms with Crippen molar-refractivity contribution in [2.45, 2.75) is 37.4 Å². The highest BCUT2D eigenvalue weighted by Crippen LogP contribution is 2.45. The van der Waals surface area contributed by atoms with Gasteiger partial charge in [-0.15, -0.1) is 0 Å². The monoisotopic (exact) mass is 342 g/mol. The molecule has 3 rings (SSSR count). The molecular formula is C19H19BrO. The highest BCUT2D eigenvalue weighted by molar-refractivity contribution is 9.10. The van der Waals surface area contributed by atoms with Crippen molar-refractivity contribution in [1.82, 2.24) is 0 Å². The minimum Gasteiger partial charge on any atom is -0.292 e. The van der Waals surface area contributed by atoms with Gasteiger partial charge in [-0.3, -0.25) is 4.79 Å². The van der Waals surface area contributed by atoms with Crippen molar-refractivity contribution in [2.75, 3.05) is 0 Å². The second-order valence-corrected chi connectivity index (χ2v) is 7.06. The summed E-state index contributed by atoms with van der Waals surface area (Å²) in [5.41, 5.74) is 5.69. The van der Waals surface area contributed by atoms with Gasteiger partial charge in [0.15, 0.2) is 5.78 Å². The van der Waals surface area contributed by atoms with Gasteiger partial charge in [0.05, 0.1) is 0 Å². The van der Waals surface area contributed by atoms with Gasteiger partial charge < -0.3 is 0 Å². The van der Waals surface area contributed by atoms with Crippen LogP contribution in [0.3, 0.4) is 0 Å². The van der Waals surface area contributed by atoms with Crippen molar-refractivity contribution in [1.29, 1.82) is 0 Å². The number of hydrogen-bond acceptors (Lipinski definition) is 1. The number of hydrogen-bond donors (Lipinski definition) is 0. The number of alkyl halides is 1. The molecule has 21 heavy (non-hydrogen) atoms. The summed E-state index contributed by atoms with van der Waals surface area (Å²) in [4.78, 5) is 12.9. The molecule has 0 saturated carbocycles. The summed E-state index contributed by atoms with van der Waals surface area (Å²) in [6.45, 7) is 4.31.